The van der Waals surface area contributed by atoms with Crippen LogP contribution < -0.4 is 5.73 Å². The van der Waals surface area contributed by atoms with E-state index in [9.17, 15) is 4.79 Å². The molecule has 1 aliphatic rings. The van der Waals surface area contributed by atoms with Gasteiger partial charge >= 0.3 is 0 Å². The highest BCUT2D eigenvalue weighted by molar-refractivity contribution is 7.12. The number of amides is 1. The van der Waals surface area contributed by atoms with E-state index >= 15 is 0 Å². The zero-order chi connectivity index (χ0) is 14.4. The fourth-order valence-corrected chi connectivity index (χ4v) is 4.45. The third-order valence-corrected chi connectivity index (χ3v) is 5.00. The second-order valence-corrected chi connectivity index (χ2v) is 7.78. The number of rotatable bonds is 1. The molecule has 19 heavy (non-hydrogen) atoms. The summed E-state index contributed by atoms with van der Waals surface area (Å²) in [4.78, 5) is 15.8. The number of aryl methyl sites for hydroxylation is 1. The lowest BCUT2D eigenvalue weighted by Gasteiger charge is -2.54. The minimum atomic E-state index is -0.200. The summed E-state index contributed by atoms with van der Waals surface area (Å²) in [5.41, 5.74) is 6.83. The van der Waals surface area contributed by atoms with Crippen molar-refractivity contribution in [2.24, 2.45) is 5.73 Å². The van der Waals surface area contributed by atoms with E-state index in [-0.39, 0.29) is 23.0 Å². The largest absolute Gasteiger partial charge is 0.328 e. The van der Waals surface area contributed by atoms with Gasteiger partial charge in [0, 0.05) is 17.1 Å². The average molecular weight is 280 g/mol. The van der Waals surface area contributed by atoms with Crippen molar-refractivity contribution in [1.82, 2.24) is 4.90 Å². The highest BCUT2D eigenvalue weighted by Crippen LogP contribution is 2.39. The van der Waals surface area contributed by atoms with Crippen molar-refractivity contribution in [3.8, 4) is 0 Å². The van der Waals surface area contributed by atoms with Crippen molar-refractivity contribution in [3.63, 3.8) is 0 Å². The number of hydrogen-bond donors (Lipinski definition) is 1. The van der Waals surface area contributed by atoms with Gasteiger partial charge in [0.15, 0.2) is 0 Å². The molecule has 2 heterocycles. The molecule has 3 nitrogen and oxygen atoms in total. The molecular formula is C15H24N2OS. The van der Waals surface area contributed by atoms with E-state index in [0.29, 0.717) is 0 Å². The average Bonchev–Trinajstić information content (AvgIpc) is 2.59. The SMILES string of the molecule is Cc1ccsc1C(=O)N1C(C)(C)CC(N)CC1(C)C. The number of hydrogen-bond acceptors (Lipinski definition) is 3. The molecule has 1 aromatic heterocycles. The Hall–Kier alpha value is -0.870. The second kappa shape index (κ2) is 4.60. The monoisotopic (exact) mass is 280 g/mol. The van der Waals surface area contributed by atoms with Gasteiger partial charge in [-0.2, -0.15) is 0 Å². The third-order valence-electron chi connectivity index (χ3n) is 3.99. The summed E-state index contributed by atoms with van der Waals surface area (Å²) in [5.74, 6) is 0.148. The van der Waals surface area contributed by atoms with Crippen LogP contribution in [0.25, 0.3) is 0 Å². The van der Waals surface area contributed by atoms with E-state index < -0.39 is 0 Å². The molecule has 0 bridgehead atoms. The molecule has 1 fully saturated rings. The summed E-state index contributed by atoms with van der Waals surface area (Å²) in [6, 6.07) is 2.17. The molecule has 0 atom stereocenters. The van der Waals surface area contributed by atoms with Crippen LogP contribution in [-0.2, 0) is 0 Å². The van der Waals surface area contributed by atoms with Crippen LogP contribution in [0.3, 0.4) is 0 Å². The number of piperidine rings is 1. The van der Waals surface area contributed by atoms with Crippen LogP contribution in [0.15, 0.2) is 11.4 Å². The van der Waals surface area contributed by atoms with Crippen LogP contribution in [0, 0.1) is 6.92 Å². The standard InChI is InChI=1S/C15H24N2OS/c1-10-6-7-19-12(10)13(18)17-14(2,3)8-11(16)9-15(17,4)5/h6-7,11H,8-9,16H2,1-5H3. The maximum atomic E-state index is 12.9. The summed E-state index contributed by atoms with van der Waals surface area (Å²) in [6.45, 7) is 10.5. The first-order valence-corrected chi connectivity index (χ1v) is 7.67. The lowest BCUT2D eigenvalue weighted by molar-refractivity contribution is -0.0168. The molecule has 0 unspecified atom stereocenters. The van der Waals surface area contributed by atoms with Crippen LogP contribution in [0.1, 0.15) is 55.8 Å². The van der Waals surface area contributed by atoms with Gasteiger partial charge in [-0.1, -0.05) is 0 Å². The summed E-state index contributed by atoms with van der Waals surface area (Å²) < 4.78 is 0. The fourth-order valence-electron chi connectivity index (χ4n) is 3.60. The fraction of sp³-hybridized carbons (Fsp3) is 0.667. The van der Waals surface area contributed by atoms with Crippen molar-refractivity contribution in [2.45, 2.75) is 64.6 Å². The number of nitrogens with zero attached hydrogens (tertiary/aromatic N) is 1. The van der Waals surface area contributed by atoms with Gasteiger partial charge in [0.25, 0.3) is 5.91 Å². The lowest BCUT2D eigenvalue weighted by Crippen LogP contribution is -2.65. The maximum absolute atomic E-state index is 12.9. The normalized spacial score (nSPS) is 22.5. The van der Waals surface area contributed by atoms with Gasteiger partial charge in [-0.3, -0.25) is 4.79 Å². The molecule has 1 amide bonds. The van der Waals surface area contributed by atoms with E-state index in [4.69, 9.17) is 5.73 Å². The van der Waals surface area contributed by atoms with Crippen LogP contribution in [0.4, 0.5) is 0 Å². The van der Waals surface area contributed by atoms with Crippen molar-refractivity contribution < 1.29 is 4.79 Å². The van der Waals surface area contributed by atoms with E-state index in [0.717, 1.165) is 23.3 Å². The van der Waals surface area contributed by atoms with E-state index in [2.05, 4.69) is 27.7 Å². The first-order valence-electron chi connectivity index (χ1n) is 6.79. The Balaban J connectivity index is 2.41. The van der Waals surface area contributed by atoms with Crippen molar-refractivity contribution in [1.29, 1.82) is 0 Å². The number of thiophene rings is 1. The van der Waals surface area contributed by atoms with Gasteiger partial charge in [0.05, 0.1) is 4.88 Å². The molecule has 1 saturated heterocycles. The van der Waals surface area contributed by atoms with Crippen LogP contribution in [0.5, 0.6) is 0 Å². The van der Waals surface area contributed by atoms with E-state index in [1.165, 1.54) is 11.3 Å². The van der Waals surface area contributed by atoms with Gasteiger partial charge in [-0.15, -0.1) is 11.3 Å². The predicted octanol–water partition coefficient (Wildman–Crippen LogP) is 3.18. The summed E-state index contributed by atoms with van der Waals surface area (Å²) in [6.07, 6.45) is 1.71. The Labute approximate surface area is 119 Å². The molecule has 4 heteroatoms. The Morgan fingerprint density at radius 1 is 1.32 bits per heavy atom. The molecular weight excluding hydrogens is 256 g/mol. The van der Waals surface area contributed by atoms with Gasteiger partial charge < -0.3 is 10.6 Å². The molecule has 0 aromatic carbocycles. The Morgan fingerprint density at radius 2 is 1.84 bits per heavy atom. The van der Waals surface area contributed by atoms with Crippen LogP contribution in [-0.4, -0.2) is 27.9 Å². The van der Waals surface area contributed by atoms with E-state index in [1.54, 1.807) is 0 Å². The first-order chi connectivity index (χ1) is 8.65. The zero-order valence-corrected chi connectivity index (χ0v) is 13.3. The number of carbonyl (C=O) groups excluding carboxylic acids is 1. The van der Waals surface area contributed by atoms with E-state index in [1.807, 2.05) is 23.3 Å². The van der Waals surface area contributed by atoms with Gasteiger partial charge in [0.1, 0.15) is 0 Å². The second-order valence-electron chi connectivity index (χ2n) is 6.87. The Morgan fingerprint density at radius 3 is 2.26 bits per heavy atom. The molecule has 1 aromatic rings. The maximum Gasteiger partial charge on any atom is 0.265 e. The van der Waals surface area contributed by atoms with Crippen molar-refractivity contribution in [2.75, 3.05) is 0 Å². The Bertz CT molecular complexity index is 472. The third kappa shape index (κ3) is 2.56. The quantitative estimate of drug-likeness (QED) is 0.859. The number of carbonyl (C=O) groups is 1. The van der Waals surface area contributed by atoms with Gasteiger partial charge in [0.2, 0.25) is 0 Å². The summed E-state index contributed by atoms with van der Waals surface area (Å²) in [5, 5.41) is 1.98. The molecule has 106 valence electrons. The lowest BCUT2D eigenvalue weighted by atomic mass is 9.77. The highest BCUT2D eigenvalue weighted by Gasteiger charge is 2.47. The molecule has 0 aliphatic carbocycles. The van der Waals surface area contributed by atoms with Gasteiger partial charge in [-0.25, -0.2) is 0 Å². The van der Waals surface area contributed by atoms with Crippen molar-refractivity contribution in [3.05, 3.63) is 21.9 Å². The Kier molecular flexibility index (Phi) is 3.52. The first kappa shape index (κ1) is 14.5. The van der Waals surface area contributed by atoms with Gasteiger partial charge in [-0.05, 0) is 64.5 Å². The highest BCUT2D eigenvalue weighted by atomic mass is 32.1. The molecule has 0 spiro atoms. The zero-order valence-electron chi connectivity index (χ0n) is 12.5. The van der Waals surface area contributed by atoms with Crippen LogP contribution in [0.2, 0.25) is 0 Å². The molecule has 0 radical (unpaired) electrons. The molecule has 2 rings (SSSR count). The van der Waals surface area contributed by atoms with Crippen molar-refractivity contribution >= 4 is 17.2 Å². The number of nitrogens with two attached hydrogens (primary N) is 1. The molecule has 1 aliphatic heterocycles. The predicted molar refractivity (Wildman–Crippen MR) is 80.6 cm³/mol. The van der Waals surface area contributed by atoms with Crippen LogP contribution >= 0.6 is 11.3 Å². The molecule has 0 saturated carbocycles. The number of likely N-dealkylation sites (tertiary alicyclic amines) is 1. The summed E-state index contributed by atoms with van der Waals surface area (Å²) >= 11 is 1.53. The minimum absolute atomic E-state index is 0.148. The topological polar surface area (TPSA) is 46.3 Å². The molecule has 2 N–H and O–H groups in total. The summed E-state index contributed by atoms with van der Waals surface area (Å²) in [7, 11) is 0. The smallest absolute Gasteiger partial charge is 0.265 e. The minimum Gasteiger partial charge on any atom is -0.328 e.